The molecule has 1 aromatic rings. The molecule has 0 aromatic carbocycles. The molecule has 10 nitrogen and oxygen atoms in total. The first kappa shape index (κ1) is 27.1. The predicted octanol–water partition coefficient (Wildman–Crippen LogP) is 2.89. The summed E-state index contributed by atoms with van der Waals surface area (Å²) in [5.74, 6) is -0.910. The number of hydrogen-bond acceptors (Lipinski definition) is 7. The molecule has 184 valence electrons. The van der Waals surface area contributed by atoms with E-state index in [0.29, 0.717) is 0 Å². The molecule has 0 spiro atoms. The Kier molecular flexibility index (Phi) is 9.33. The van der Waals surface area contributed by atoms with Gasteiger partial charge < -0.3 is 19.5 Å². The van der Waals surface area contributed by atoms with Gasteiger partial charge in [-0.05, 0) is 37.8 Å². The van der Waals surface area contributed by atoms with E-state index in [0.717, 1.165) is 0 Å². The third-order valence-corrected chi connectivity index (χ3v) is 5.42. The molecule has 2 rings (SSSR count). The van der Waals surface area contributed by atoms with Gasteiger partial charge in [0.05, 0.1) is 10.9 Å². The number of aromatic nitrogens is 2. The first-order valence-corrected chi connectivity index (χ1v) is 11.8. The number of hydrogen-bond donors (Lipinski definition) is 2. The van der Waals surface area contributed by atoms with Gasteiger partial charge in [0.25, 0.3) is 5.56 Å². The highest BCUT2D eigenvalue weighted by atomic mass is 79.9. The number of nitrogens with one attached hydrogen (secondary N) is 2. The number of rotatable bonds is 7. The summed E-state index contributed by atoms with van der Waals surface area (Å²) in [6, 6.07) is -0.925. The maximum atomic E-state index is 12.6. The first-order valence-electron chi connectivity index (χ1n) is 10.4. The second-order valence-electron chi connectivity index (χ2n) is 8.92. The molecule has 1 aromatic heterocycles. The lowest BCUT2D eigenvalue weighted by atomic mass is 10.1. The van der Waals surface area contributed by atoms with Crippen molar-refractivity contribution in [1.82, 2.24) is 14.9 Å². The van der Waals surface area contributed by atoms with Crippen LogP contribution in [0.25, 0.3) is 6.08 Å². The normalized spacial score (nSPS) is 21.9. The molecule has 33 heavy (non-hydrogen) atoms. The van der Waals surface area contributed by atoms with Crippen molar-refractivity contribution in [2.24, 2.45) is 5.92 Å². The molecule has 2 heterocycles. The van der Waals surface area contributed by atoms with Gasteiger partial charge in [-0.15, -0.1) is 11.6 Å². The van der Waals surface area contributed by atoms with Crippen molar-refractivity contribution in [2.45, 2.75) is 70.4 Å². The molecule has 1 saturated heterocycles. The fourth-order valence-corrected chi connectivity index (χ4v) is 3.67. The molecule has 0 unspecified atom stereocenters. The zero-order valence-electron chi connectivity index (χ0n) is 19.1. The van der Waals surface area contributed by atoms with Crippen LogP contribution in [0.2, 0.25) is 0 Å². The minimum atomic E-state index is -0.925. The number of halogens is 2. The summed E-state index contributed by atoms with van der Waals surface area (Å²) < 4.78 is 17.6. The van der Waals surface area contributed by atoms with Crippen LogP contribution in [0.3, 0.4) is 0 Å². The number of ether oxygens (including phenoxy) is 3. The molecule has 1 amide bonds. The predicted molar refractivity (Wildman–Crippen MR) is 126 cm³/mol. The van der Waals surface area contributed by atoms with Crippen molar-refractivity contribution in [2.75, 3.05) is 6.61 Å². The average molecular weight is 551 g/mol. The van der Waals surface area contributed by atoms with Gasteiger partial charge in [0.2, 0.25) is 0 Å². The number of alkyl carbamates (subject to hydrolysis) is 1. The van der Waals surface area contributed by atoms with Gasteiger partial charge in [-0.2, -0.15) is 0 Å². The van der Waals surface area contributed by atoms with E-state index in [-0.39, 0.29) is 24.5 Å². The Hall–Kier alpha value is -2.11. The third kappa shape index (κ3) is 7.72. The topological polar surface area (TPSA) is 129 Å². The summed E-state index contributed by atoms with van der Waals surface area (Å²) in [7, 11) is 0. The molecule has 4 atom stereocenters. The van der Waals surface area contributed by atoms with E-state index in [9.17, 15) is 19.2 Å². The van der Waals surface area contributed by atoms with Crippen molar-refractivity contribution >= 4 is 45.7 Å². The Morgan fingerprint density at radius 3 is 2.64 bits per heavy atom. The summed E-state index contributed by atoms with van der Waals surface area (Å²) in [6.07, 6.45) is 0.965. The molecule has 1 fully saturated rings. The maximum absolute atomic E-state index is 12.6. The molecule has 12 heteroatoms. The number of amides is 1. The highest BCUT2D eigenvalue weighted by molar-refractivity contribution is 9.11. The zero-order chi connectivity index (χ0) is 24.9. The van der Waals surface area contributed by atoms with Gasteiger partial charge in [0, 0.05) is 12.6 Å². The van der Waals surface area contributed by atoms with Crippen LogP contribution in [-0.4, -0.2) is 51.3 Å². The van der Waals surface area contributed by atoms with Crippen LogP contribution < -0.4 is 16.6 Å². The Morgan fingerprint density at radius 1 is 1.39 bits per heavy atom. The largest absolute Gasteiger partial charge is 0.461 e. The maximum Gasteiger partial charge on any atom is 0.408 e. The Bertz CT molecular complexity index is 999. The number of H-pyrrole nitrogens is 1. The summed E-state index contributed by atoms with van der Waals surface area (Å²) in [5.41, 5.74) is -1.63. The number of carbonyl (C=O) groups excluding carboxylic acids is 2. The molecular formula is C21H29BrClN3O7. The SMILES string of the molecule is CC(C)[C@H](NC(=O)OC(C)(C)C)C(=O)OC[C@H]1O[C@@H](n2cc(C=CBr)c(=O)[nH]c2=O)C[C@@H]1Cl. The second kappa shape index (κ2) is 11.3. The molecule has 0 radical (unpaired) electrons. The fourth-order valence-electron chi connectivity index (χ4n) is 3.10. The lowest BCUT2D eigenvalue weighted by Gasteiger charge is -2.25. The molecule has 0 bridgehead atoms. The van der Waals surface area contributed by atoms with Crippen molar-refractivity contribution < 1.29 is 23.8 Å². The molecule has 2 N–H and O–H groups in total. The minimum absolute atomic E-state index is 0.172. The van der Waals surface area contributed by atoms with Gasteiger partial charge in [-0.25, -0.2) is 14.4 Å². The first-order chi connectivity index (χ1) is 15.3. The number of nitrogens with zero attached hydrogens (tertiary/aromatic N) is 1. The van der Waals surface area contributed by atoms with Crippen LogP contribution in [0.4, 0.5) is 4.79 Å². The molecule has 0 saturated carbocycles. The second-order valence-corrected chi connectivity index (χ2v) is 10.0. The third-order valence-electron chi connectivity index (χ3n) is 4.69. The fraction of sp³-hybridized carbons (Fsp3) is 0.619. The van der Waals surface area contributed by atoms with E-state index >= 15 is 0 Å². The Labute approximate surface area is 204 Å². The number of carbonyl (C=O) groups is 2. The van der Waals surface area contributed by atoms with E-state index in [1.807, 2.05) is 0 Å². The lowest BCUT2D eigenvalue weighted by molar-refractivity contribution is -0.152. The van der Waals surface area contributed by atoms with E-state index in [1.54, 1.807) is 34.6 Å². The number of alkyl halides is 1. The van der Waals surface area contributed by atoms with Crippen LogP contribution in [0.1, 0.15) is 52.8 Å². The summed E-state index contributed by atoms with van der Waals surface area (Å²) in [4.78, 5) is 52.5. The van der Waals surface area contributed by atoms with Crippen molar-refractivity contribution in [3.63, 3.8) is 0 Å². The highest BCUT2D eigenvalue weighted by Crippen LogP contribution is 2.31. The summed E-state index contributed by atoms with van der Waals surface area (Å²) in [6.45, 7) is 8.51. The van der Waals surface area contributed by atoms with Gasteiger partial charge >= 0.3 is 17.8 Å². The standard InChI is InChI=1S/C21H29BrClN3O7/c1-11(2)16(24-20(30)33-21(3,4)5)18(28)31-10-14-13(23)8-15(32-14)26-9-12(6-7-22)17(27)25-19(26)29/h6-7,9,11,13-16H,8,10H2,1-5H3,(H,24,30)(H,25,27,29)/t13-,14+,15+,16-/m0/s1. The highest BCUT2D eigenvalue weighted by Gasteiger charge is 2.37. The van der Waals surface area contributed by atoms with Gasteiger partial charge in [0.1, 0.15) is 30.6 Å². The van der Waals surface area contributed by atoms with Crippen LogP contribution in [0, 0.1) is 5.92 Å². The Balaban J connectivity index is 2.03. The molecule has 1 aliphatic heterocycles. The van der Waals surface area contributed by atoms with Crippen LogP contribution >= 0.6 is 27.5 Å². The summed E-state index contributed by atoms with van der Waals surface area (Å²) in [5, 5.41) is 1.98. The van der Waals surface area contributed by atoms with E-state index in [1.165, 1.54) is 21.8 Å². The average Bonchev–Trinajstić information content (AvgIpc) is 3.05. The van der Waals surface area contributed by atoms with E-state index in [2.05, 4.69) is 26.2 Å². The van der Waals surface area contributed by atoms with Gasteiger partial charge in [0.15, 0.2) is 0 Å². The number of esters is 1. The zero-order valence-corrected chi connectivity index (χ0v) is 21.4. The van der Waals surface area contributed by atoms with Gasteiger partial charge in [-0.3, -0.25) is 14.3 Å². The van der Waals surface area contributed by atoms with Crippen molar-refractivity contribution in [3.05, 3.63) is 37.6 Å². The summed E-state index contributed by atoms with van der Waals surface area (Å²) >= 11 is 9.47. The van der Waals surface area contributed by atoms with Crippen LogP contribution in [-0.2, 0) is 19.0 Å². The van der Waals surface area contributed by atoms with E-state index < -0.39 is 52.7 Å². The molecular weight excluding hydrogens is 522 g/mol. The quantitative estimate of drug-likeness (QED) is 0.394. The van der Waals surface area contributed by atoms with Crippen LogP contribution in [0.5, 0.6) is 0 Å². The van der Waals surface area contributed by atoms with Crippen molar-refractivity contribution in [3.8, 4) is 0 Å². The van der Waals surface area contributed by atoms with E-state index in [4.69, 9.17) is 25.8 Å². The molecule has 1 aliphatic rings. The monoisotopic (exact) mass is 549 g/mol. The lowest BCUT2D eigenvalue weighted by Crippen LogP contribution is -2.47. The number of aromatic amines is 1. The van der Waals surface area contributed by atoms with Gasteiger partial charge in [-0.1, -0.05) is 29.8 Å². The van der Waals surface area contributed by atoms with Crippen molar-refractivity contribution in [1.29, 1.82) is 0 Å². The molecule has 0 aliphatic carbocycles. The Morgan fingerprint density at radius 2 is 2.06 bits per heavy atom. The minimum Gasteiger partial charge on any atom is -0.461 e. The van der Waals surface area contributed by atoms with Crippen LogP contribution in [0.15, 0.2) is 20.8 Å². The smallest absolute Gasteiger partial charge is 0.408 e.